The summed E-state index contributed by atoms with van der Waals surface area (Å²) in [6, 6.07) is 0. The molecule has 1 saturated heterocycles. The predicted molar refractivity (Wildman–Crippen MR) is 82.4 cm³/mol. The van der Waals surface area contributed by atoms with E-state index in [1.54, 1.807) is 11.0 Å². The van der Waals surface area contributed by atoms with Crippen molar-refractivity contribution in [3.05, 3.63) is 12.2 Å². The number of hydrogen-bond acceptors (Lipinski definition) is 4. The van der Waals surface area contributed by atoms with Gasteiger partial charge in [0.25, 0.3) is 0 Å². The van der Waals surface area contributed by atoms with E-state index in [2.05, 4.69) is 12.2 Å². The Bertz CT molecular complexity index is 438. The molecule has 0 aromatic heterocycles. The zero-order valence-corrected chi connectivity index (χ0v) is 13.3. The second-order valence-electron chi connectivity index (χ2n) is 5.87. The van der Waals surface area contributed by atoms with E-state index in [1.807, 2.05) is 13.0 Å². The van der Waals surface area contributed by atoms with Gasteiger partial charge in [0.1, 0.15) is 5.92 Å². The number of carbonyl (C=O) groups is 2. The first-order chi connectivity index (χ1) is 10.6. The van der Waals surface area contributed by atoms with Gasteiger partial charge in [-0.15, -0.1) is 0 Å². The molecule has 124 valence electrons. The summed E-state index contributed by atoms with van der Waals surface area (Å²) in [4.78, 5) is 26.2. The number of hydrogen-bond donors (Lipinski definition) is 2. The van der Waals surface area contributed by atoms with Crippen LogP contribution in [-0.4, -0.2) is 60.3 Å². The van der Waals surface area contributed by atoms with Crippen LogP contribution >= 0.6 is 0 Å². The SMILES string of the molecule is CCCCN(CCNCC)C(=O)C1C2C=CC(O2)C1C(=O)O. The van der Waals surface area contributed by atoms with Crippen molar-refractivity contribution in [2.24, 2.45) is 11.8 Å². The van der Waals surface area contributed by atoms with Crippen molar-refractivity contribution in [2.45, 2.75) is 38.9 Å². The van der Waals surface area contributed by atoms with Crippen LogP contribution in [0.1, 0.15) is 26.7 Å². The standard InChI is InChI=1S/C16H26N2O4/c1-3-5-9-18(10-8-17-4-2)15(19)13-11-6-7-12(22-11)14(13)16(20)21/h6-7,11-14,17H,3-5,8-10H2,1-2H3,(H,20,21). The van der Waals surface area contributed by atoms with Gasteiger partial charge in [0.2, 0.25) is 5.91 Å². The van der Waals surface area contributed by atoms with Crippen molar-refractivity contribution < 1.29 is 19.4 Å². The van der Waals surface area contributed by atoms with Crippen LogP contribution in [0.4, 0.5) is 0 Å². The Morgan fingerprint density at radius 2 is 1.86 bits per heavy atom. The molecule has 0 aromatic rings. The summed E-state index contributed by atoms with van der Waals surface area (Å²) in [6.07, 6.45) is 4.67. The maximum atomic E-state index is 12.9. The van der Waals surface area contributed by atoms with Crippen molar-refractivity contribution in [3.63, 3.8) is 0 Å². The molecule has 2 aliphatic heterocycles. The Balaban J connectivity index is 2.07. The number of rotatable bonds is 9. The zero-order chi connectivity index (χ0) is 16.1. The first kappa shape index (κ1) is 17.0. The summed E-state index contributed by atoms with van der Waals surface area (Å²) in [6.45, 7) is 6.96. The van der Waals surface area contributed by atoms with Crippen LogP contribution in [0.15, 0.2) is 12.2 Å². The Kier molecular flexibility index (Phi) is 5.97. The zero-order valence-electron chi connectivity index (χ0n) is 13.3. The summed E-state index contributed by atoms with van der Waals surface area (Å²) in [5.74, 6) is -2.38. The van der Waals surface area contributed by atoms with Crippen LogP contribution in [0.5, 0.6) is 0 Å². The lowest BCUT2D eigenvalue weighted by Crippen LogP contribution is -2.47. The number of carboxylic acid groups (broad SMARTS) is 1. The van der Waals surface area contributed by atoms with Crippen LogP contribution in [0.2, 0.25) is 0 Å². The smallest absolute Gasteiger partial charge is 0.310 e. The second kappa shape index (κ2) is 7.74. The molecule has 22 heavy (non-hydrogen) atoms. The van der Waals surface area contributed by atoms with Crippen LogP contribution < -0.4 is 5.32 Å². The van der Waals surface area contributed by atoms with Crippen LogP contribution in [0.3, 0.4) is 0 Å². The van der Waals surface area contributed by atoms with Crippen molar-refractivity contribution >= 4 is 11.9 Å². The van der Waals surface area contributed by atoms with E-state index in [-0.39, 0.29) is 12.0 Å². The van der Waals surface area contributed by atoms with E-state index in [0.29, 0.717) is 13.1 Å². The molecule has 0 aliphatic carbocycles. The molecule has 2 N–H and O–H groups in total. The minimum absolute atomic E-state index is 0.0874. The number of nitrogens with one attached hydrogen (secondary N) is 1. The Hall–Kier alpha value is -1.40. The molecule has 2 rings (SSSR count). The molecule has 6 nitrogen and oxygen atoms in total. The fourth-order valence-corrected chi connectivity index (χ4v) is 3.18. The molecule has 1 amide bonds. The summed E-state index contributed by atoms with van der Waals surface area (Å²) in [5, 5.41) is 12.6. The van der Waals surface area contributed by atoms with Gasteiger partial charge >= 0.3 is 5.97 Å². The monoisotopic (exact) mass is 310 g/mol. The van der Waals surface area contributed by atoms with Crippen molar-refractivity contribution in [2.75, 3.05) is 26.2 Å². The number of amides is 1. The number of nitrogens with zero attached hydrogens (tertiary/aromatic N) is 1. The first-order valence-electron chi connectivity index (χ1n) is 8.16. The van der Waals surface area contributed by atoms with E-state index in [4.69, 9.17) is 4.74 Å². The minimum Gasteiger partial charge on any atom is -0.481 e. The maximum Gasteiger partial charge on any atom is 0.310 e. The number of carbonyl (C=O) groups excluding carboxylic acids is 1. The van der Waals surface area contributed by atoms with Crippen LogP contribution in [-0.2, 0) is 14.3 Å². The molecule has 4 atom stereocenters. The number of carboxylic acids is 1. The number of unbranched alkanes of at least 4 members (excludes halogenated alkanes) is 1. The summed E-state index contributed by atoms with van der Waals surface area (Å²) >= 11 is 0. The molecular formula is C16H26N2O4. The van der Waals surface area contributed by atoms with Gasteiger partial charge in [0, 0.05) is 19.6 Å². The predicted octanol–water partition coefficient (Wildman–Crippen LogP) is 0.879. The minimum atomic E-state index is -0.947. The van der Waals surface area contributed by atoms with Crippen molar-refractivity contribution in [1.82, 2.24) is 10.2 Å². The van der Waals surface area contributed by atoms with Gasteiger partial charge in [-0.1, -0.05) is 32.4 Å². The highest BCUT2D eigenvalue weighted by Gasteiger charge is 2.53. The third-order valence-corrected chi connectivity index (χ3v) is 4.37. The van der Waals surface area contributed by atoms with Gasteiger partial charge in [-0.2, -0.15) is 0 Å². The average Bonchev–Trinajstić information content (AvgIpc) is 3.10. The van der Waals surface area contributed by atoms with Gasteiger partial charge in [0.05, 0.1) is 18.1 Å². The number of fused-ring (bicyclic) bond motifs is 2. The second-order valence-corrected chi connectivity index (χ2v) is 5.87. The van der Waals surface area contributed by atoms with Crippen LogP contribution in [0.25, 0.3) is 0 Å². The largest absolute Gasteiger partial charge is 0.481 e. The van der Waals surface area contributed by atoms with E-state index < -0.39 is 23.9 Å². The molecule has 2 bridgehead atoms. The van der Waals surface area contributed by atoms with E-state index in [1.165, 1.54) is 0 Å². The van der Waals surface area contributed by atoms with E-state index >= 15 is 0 Å². The average molecular weight is 310 g/mol. The summed E-state index contributed by atoms with van der Waals surface area (Å²) in [5.41, 5.74) is 0. The van der Waals surface area contributed by atoms with Gasteiger partial charge in [-0.3, -0.25) is 9.59 Å². The highest BCUT2D eigenvalue weighted by atomic mass is 16.5. The lowest BCUT2D eigenvalue weighted by Gasteiger charge is -2.29. The Morgan fingerprint density at radius 1 is 1.18 bits per heavy atom. The van der Waals surface area contributed by atoms with E-state index in [9.17, 15) is 14.7 Å². The van der Waals surface area contributed by atoms with Crippen LogP contribution in [0, 0.1) is 11.8 Å². The van der Waals surface area contributed by atoms with Gasteiger partial charge in [-0.05, 0) is 13.0 Å². The lowest BCUT2D eigenvalue weighted by molar-refractivity contribution is -0.149. The highest BCUT2D eigenvalue weighted by Crippen LogP contribution is 2.40. The van der Waals surface area contributed by atoms with Crippen molar-refractivity contribution in [1.29, 1.82) is 0 Å². The van der Waals surface area contributed by atoms with Gasteiger partial charge in [0.15, 0.2) is 0 Å². The molecule has 0 aromatic carbocycles. The summed E-state index contributed by atoms with van der Waals surface area (Å²) < 4.78 is 5.61. The third-order valence-electron chi connectivity index (χ3n) is 4.37. The quantitative estimate of drug-likeness (QED) is 0.488. The molecule has 0 spiro atoms. The first-order valence-corrected chi connectivity index (χ1v) is 8.16. The molecule has 1 fully saturated rings. The number of likely N-dealkylation sites (N-methyl/N-ethyl adjacent to an activating group) is 1. The topological polar surface area (TPSA) is 78.9 Å². The molecule has 0 saturated carbocycles. The van der Waals surface area contributed by atoms with E-state index in [0.717, 1.165) is 25.9 Å². The van der Waals surface area contributed by atoms with Gasteiger partial charge < -0.3 is 20.1 Å². The molecule has 2 aliphatic rings. The number of ether oxygens (including phenoxy) is 1. The third kappa shape index (κ3) is 3.50. The molecule has 2 heterocycles. The van der Waals surface area contributed by atoms with Gasteiger partial charge in [-0.25, -0.2) is 0 Å². The highest BCUT2D eigenvalue weighted by molar-refractivity contribution is 5.87. The lowest BCUT2D eigenvalue weighted by atomic mass is 9.82. The maximum absolute atomic E-state index is 12.9. The Labute approximate surface area is 131 Å². The molecular weight excluding hydrogens is 284 g/mol. The molecule has 0 radical (unpaired) electrons. The Morgan fingerprint density at radius 3 is 2.45 bits per heavy atom. The fraction of sp³-hybridized carbons (Fsp3) is 0.750. The normalized spacial score (nSPS) is 29.0. The summed E-state index contributed by atoms with van der Waals surface area (Å²) in [7, 11) is 0. The fourth-order valence-electron chi connectivity index (χ4n) is 3.18. The molecule has 4 unspecified atom stereocenters. The molecule has 6 heteroatoms. The van der Waals surface area contributed by atoms with Crippen molar-refractivity contribution in [3.8, 4) is 0 Å². The number of aliphatic carboxylic acids is 1.